The van der Waals surface area contributed by atoms with Crippen LogP contribution < -0.4 is 10.6 Å². The van der Waals surface area contributed by atoms with E-state index in [9.17, 15) is 9.90 Å². The van der Waals surface area contributed by atoms with Gasteiger partial charge in [-0.25, -0.2) is 4.79 Å². The molecule has 21 heavy (non-hydrogen) atoms. The van der Waals surface area contributed by atoms with Crippen molar-refractivity contribution in [2.45, 2.75) is 43.0 Å². The molecule has 1 aliphatic carbocycles. The Hall–Kier alpha value is -1.20. The number of aliphatic hydroxyl groups excluding tert-OH is 1. The number of benzene rings is 1. The lowest BCUT2D eigenvalue weighted by Crippen LogP contribution is -2.49. The first-order valence-electron chi connectivity index (χ1n) is 7.47. The Bertz CT molecular complexity index is 441. The van der Waals surface area contributed by atoms with Crippen molar-refractivity contribution in [1.29, 1.82) is 0 Å². The van der Waals surface area contributed by atoms with E-state index in [0.29, 0.717) is 11.7 Å². The number of hydrogen-bond acceptors (Lipinski definition) is 3. The van der Waals surface area contributed by atoms with Gasteiger partial charge in [0.15, 0.2) is 0 Å². The largest absolute Gasteiger partial charge is 0.394 e. The van der Waals surface area contributed by atoms with Gasteiger partial charge in [-0.15, -0.1) is 0 Å². The van der Waals surface area contributed by atoms with Crippen molar-refractivity contribution in [1.82, 2.24) is 10.6 Å². The smallest absolute Gasteiger partial charge is 0.315 e. The maximum atomic E-state index is 12.1. The van der Waals surface area contributed by atoms with Crippen LogP contribution in [0.25, 0.3) is 0 Å². The molecule has 0 heterocycles. The van der Waals surface area contributed by atoms with Crippen molar-refractivity contribution < 1.29 is 9.90 Å². The van der Waals surface area contributed by atoms with Crippen molar-refractivity contribution >= 4 is 17.8 Å². The van der Waals surface area contributed by atoms with Gasteiger partial charge in [0, 0.05) is 11.3 Å². The highest BCUT2D eigenvalue weighted by Crippen LogP contribution is 2.28. The average molecular weight is 308 g/mol. The van der Waals surface area contributed by atoms with E-state index in [1.54, 1.807) is 0 Å². The first-order valence-corrected chi connectivity index (χ1v) is 8.76. The summed E-state index contributed by atoms with van der Waals surface area (Å²) in [6, 6.07) is 9.72. The second kappa shape index (κ2) is 8.29. The maximum absolute atomic E-state index is 12.1. The Labute approximate surface area is 130 Å². The van der Waals surface area contributed by atoms with Crippen LogP contribution in [-0.4, -0.2) is 41.3 Å². The van der Waals surface area contributed by atoms with Gasteiger partial charge in [0.1, 0.15) is 0 Å². The number of amides is 2. The van der Waals surface area contributed by atoms with Crippen molar-refractivity contribution in [2.24, 2.45) is 0 Å². The number of carbonyl (C=O) groups is 1. The van der Waals surface area contributed by atoms with Crippen molar-refractivity contribution in [3.8, 4) is 0 Å². The minimum Gasteiger partial charge on any atom is -0.394 e. The number of urea groups is 1. The van der Waals surface area contributed by atoms with E-state index >= 15 is 0 Å². The van der Waals surface area contributed by atoms with Crippen LogP contribution in [0, 0.1) is 0 Å². The molecule has 3 N–H and O–H groups in total. The Balaban J connectivity index is 1.82. The molecule has 0 radical (unpaired) electrons. The summed E-state index contributed by atoms with van der Waals surface area (Å²) in [5.74, 6) is 0. The summed E-state index contributed by atoms with van der Waals surface area (Å²) in [4.78, 5) is 12.1. The molecule has 0 spiro atoms. The molecule has 4 nitrogen and oxygen atoms in total. The summed E-state index contributed by atoms with van der Waals surface area (Å²) in [6.45, 7) is -0.0566. The molecule has 1 aliphatic rings. The van der Waals surface area contributed by atoms with Crippen LogP contribution in [0.4, 0.5) is 4.79 Å². The minimum atomic E-state index is -0.249. The Kier molecular flexibility index (Phi) is 6.39. The highest BCUT2D eigenvalue weighted by Gasteiger charge is 2.28. The Morgan fingerprint density at radius 1 is 1.38 bits per heavy atom. The summed E-state index contributed by atoms with van der Waals surface area (Å²) in [6.07, 6.45) is 6.11. The van der Waals surface area contributed by atoms with Crippen LogP contribution in [0.15, 0.2) is 30.3 Å². The molecule has 0 aliphatic heterocycles. The summed E-state index contributed by atoms with van der Waals surface area (Å²) in [7, 11) is 0. The molecule has 2 amide bonds. The zero-order chi connectivity index (χ0) is 15.1. The van der Waals surface area contributed by atoms with Crippen LogP contribution in [0.3, 0.4) is 0 Å². The van der Waals surface area contributed by atoms with Gasteiger partial charge in [-0.3, -0.25) is 0 Å². The van der Waals surface area contributed by atoms with E-state index < -0.39 is 0 Å². The molecule has 1 aromatic carbocycles. The standard InChI is InChI=1S/C16H24N2O2S/c1-21-15-9-5-8-14(15)18-16(20)17-13(11-19)10-12-6-3-2-4-7-12/h2-4,6-7,13-15,19H,5,8-11H2,1H3,(H2,17,18,20)/t13-,14-,15+/m0/s1. The Morgan fingerprint density at radius 3 is 2.81 bits per heavy atom. The van der Waals surface area contributed by atoms with Crippen LogP contribution in [0.2, 0.25) is 0 Å². The molecular weight excluding hydrogens is 284 g/mol. The zero-order valence-corrected chi connectivity index (χ0v) is 13.2. The van der Waals surface area contributed by atoms with Crippen LogP contribution in [0.1, 0.15) is 24.8 Å². The summed E-state index contributed by atoms with van der Waals surface area (Å²) >= 11 is 1.82. The van der Waals surface area contributed by atoms with Crippen molar-refractivity contribution in [2.75, 3.05) is 12.9 Å². The lowest BCUT2D eigenvalue weighted by Gasteiger charge is -2.22. The second-order valence-electron chi connectivity index (χ2n) is 5.50. The highest BCUT2D eigenvalue weighted by atomic mass is 32.2. The molecule has 116 valence electrons. The predicted octanol–water partition coefficient (Wildman–Crippen LogP) is 2.17. The topological polar surface area (TPSA) is 61.4 Å². The van der Waals surface area contributed by atoms with Gasteiger partial charge in [-0.1, -0.05) is 36.8 Å². The van der Waals surface area contributed by atoms with Gasteiger partial charge >= 0.3 is 6.03 Å². The average Bonchev–Trinajstić information content (AvgIpc) is 2.94. The molecule has 1 saturated carbocycles. The fourth-order valence-corrected chi connectivity index (χ4v) is 3.76. The van der Waals surface area contributed by atoms with E-state index in [4.69, 9.17) is 0 Å². The van der Waals surface area contributed by atoms with E-state index in [0.717, 1.165) is 12.0 Å². The van der Waals surface area contributed by atoms with Gasteiger partial charge in [0.2, 0.25) is 0 Å². The third-order valence-corrected chi connectivity index (χ3v) is 5.12. The van der Waals surface area contributed by atoms with Crippen LogP contribution in [-0.2, 0) is 6.42 Å². The number of thioether (sulfide) groups is 1. The number of nitrogens with one attached hydrogen (secondary N) is 2. The first kappa shape index (κ1) is 16.2. The lowest BCUT2D eigenvalue weighted by atomic mass is 10.1. The van der Waals surface area contributed by atoms with Crippen LogP contribution in [0.5, 0.6) is 0 Å². The van der Waals surface area contributed by atoms with Crippen molar-refractivity contribution in [3.05, 3.63) is 35.9 Å². The fourth-order valence-electron chi connectivity index (χ4n) is 2.83. The van der Waals surface area contributed by atoms with Gasteiger partial charge in [0.05, 0.1) is 12.6 Å². The SMILES string of the molecule is CS[C@@H]1CCC[C@@H]1NC(=O)N[C@H](CO)Cc1ccccc1. The van der Waals surface area contributed by atoms with Crippen LogP contribution >= 0.6 is 11.8 Å². The normalized spacial score (nSPS) is 22.8. The molecule has 5 heteroatoms. The molecule has 1 fully saturated rings. The number of carbonyl (C=O) groups excluding carboxylic acids is 1. The van der Waals surface area contributed by atoms with E-state index in [1.165, 1.54) is 12.8 Å². The summed E-state index contributed by atoms with van der Waals surface area (Å²) in [5, 5.41) is 15.9. The van der Waals surface area contributed by atoms with Gasteiger partial charge in [0.25, 0.3) is 0 Å². The lowest BCUT2D eigenvalue weighted by molar-refractivity contribution is 0.213. The molecule has 0 bridgehead atoms. The molecule has 1 aromatic rings. The number of aliphatic hydroxyl groups is 1. The van der Waals surface area contributed by atoms with Gasteiger partial charge in [-0.05, 0) is 31.1 Å². The van der Waals surface area contributed by atoms with Crippen molar-refractivity contribution in [3.63, 3.8) is 0 Å². The molecule has 0 saturated heterocycles. The fraction of sp³-hybridized carbons (Fsp3) is 0.562. The molecule has 2 rings (SSSR count). The zero-order valence-electron chi connectivity index (χ0n) is 12.4. The van der Waals surface area contributed by atoms with E-state index in [-0.39, 0.29) is 24.7 Å². The Morgan fingerprint density at radius 2 is 2.14 bits per heavy atom. The maximum Gasteiger partial charge on any atom is 0.315 e. The molecule has 3 atom stereocenters. The summed E-state index contributed by atoms with van der Waals surface area (Å²) < 4.78 is 0. The molecule has 0 unspecified atom stereocenters. The number of hydrogen-bond donors (Lipinski definition) is 3. The van der Waals surface area contributed by atoms with E-state index in [2.05, 4.69) is 16.9 Å². The first-order chi connectivity index (χ1) is 10.2. The molecular formula is C16H24N2O2S. The number of rotatable bonds is 6. The monoisotopic (exact) mass is 308 g/mol. The highest BCUT2D eigenvalue weighted by molar-refractivity contribution is 7.99. The van der Waals surface area contributed by atoms with Gasteiger partial charge < -0.3 is 15.7 Å². The quantitative estimate of drug-likeness (QED) is 0.755. The summed E-state index contributed by atoms with van der Waals surface area (Å²) in [5.41, 5.74) is 1.11. The minimum absolute atomic E-state index is 0.0566. The predicted molar refractivity (Wildman–Crippen MR) is 87.6 cm³/mol. The van der Waals surface area contributed by atoms with E-state index in [1.807, 2.05) is 42.1 Å². The third kappa shape index (κ3) is 4.93. The van der Waals surface area contributed by atoms with Gasteiger partial charge in [-0.2, -0.15) is 11.8 Å². The second-order valence-corrected chi connectivity index (χ2v) is 6.58. The third-order valence-electron chi connectivity index (χ3n) is 3.95. The molecule has 0 aromatic heterocycles.